The predicted octanol–water partition coefficient (Wildman–Crippen LogP) is 3.24. The van der Waals surface area contributed by atoms with Gasteiger partial charge in [-0.3, -0.25) is 0 Å². The van der Waals surface area contributed by atoms with E-state index in [0.29, 0.717) is 0 Å². The van der Waals surface area contributed by atoms with Gasteiger partial charge in [0.25, 0.3) is 0 Å². The van der Waals surface area contributed by atoms with E-state index in [1.165, 1.54) is 16.2 Å². The molecule has 0 amide bonds. The monoisotopic (exact) mass is 195 g/mol. The van der Waals surface area contributed by atoms with E-state index in [9.17, 15) is 0 Å². The van der Waals surface area contributed by atoms with Crippen LogP contribution in [0.2, 0.25) is 6.32 Å². The maximum absolute atomic E-state index is 2.34. The van der Waals surface area contributed by atoms with Gasteiger partial charge in [-0.25, -0.2) is 0 Å². The maximum atomic E-state index is 2.34. The lowest BCUT2D eigenvalue weighted by molar-refractivity contribution is 0.733. The van der Waals surface area contributed by atoms with Crippen LogP contribution >= 0.6 is 0 Å². The van der Waals surface area contributed by atoms with Crippen molar-refractivity contribution in [2.24, 2.45) is 5.92 Å². The second-order valence-corrected chi connectivity index (χ2v) is 4.40. The Kier molecular flexibility index (Phi) is 3.10. The van der Waals surface area contributed by atoms with Crippen LogP contribution in [-0.4, -0.2) is 7.28 Å². The fraction of sp³-hybridized carbons (Fsp3) is 0.286. The topological polar surface area (TPSA) is 0 Å². The van der Waals surface area contributed by atoms with Crippen LogP contribution in [0.1, 0.15) is 13.8 Å². The molecule has 1 heteroatoms. The van der Waals surface area contributed by atoms with Crippen molar-refractivity contribution in [3.05, 3.63) is 42.5 Å². The first-order chi connectivity index (χ1) is 7.27. The summed E-state index contributed by atoms with van der Waals surface area (Å²) in [4.78, 5) is 0. The van der Waals surface area contributed by atoms with Gasteiger partial charge in [0.1, 0.15) is 0 Å². The molecule has 15 heavy (non-hydrogen) atoms. The van der Waals surface area contributed by atoms with E-state index in [-0.39, 0.29) is 0 Å². The van der Waals surface area contributed by atoms with Crippen molar-refractivity contribution < 1.29 is 0 Å². The average Bonchev–Trinajstić information content (AvgIpc) is 2.26. The first kappa shape index (κ1) is 10.3. The summed E-state index contributed by atoms with van der Waals surface area (Å²) < 4.78 is 0. The lowest BCUT2D eigenvalue weighted by Crippen LogP contribution is -2.16. The van der Waals surface area contributed by atoms with Crippen molar-refractivity contribution in [2.75, 3.05) is 0 Å². The third-order valence-corrected chi connectivity index (χ3v) is 2.63. The number of benzene rings is 2. The summed E-state index contributed by atoms with van der Waals surface area (Å²) in [6.45, 7) is 4.50. The molecule has 75 valence electrons. The second-order valence-electron chi connectivity index (χ2n) is 4.40. The van der Waals surface area contributed by atoms with Gasteiger partial charge >= 0.3 is 0 Å². The van der Waals surface area contributed by atoms with Crippen LogP contribution in [0.3, 0.4) is 0 Å². The molecule has 0 aromatic heterocycles. The van der Waals surface area contributed by atoms with Crippen molar-refractivity contribution in [1.82, 2.24) is 0 Å². The molecule has 1 radical (unpaired) electrons. The molecule has 2 aromatic carbocycles. The van der Waals surface area contributed by atoms with Crippen molar-refractivity contribution in [3.8, 4) is 0 Å². The van der Waals surface area contributed by atoms with E-state index in [0.717, 1.165) is 12.2 Å². The third-order valence-electron chi connectivity index (χ3n) is 2.63. The number of hydrogen-bond acceptors (Lipinski definition) is 0. The summed E-state index contributed by atoms with van der Waals surface area (Å²) in [5, 5.41) is 2.69. The lowest BCUT2D eigenvalue weighted by Gasteiger charge is -2.07. The van der Waals surface area contributed by atoms with Crippen molar-refractivity contribution in [2.45, 2.75) is 20.2 Å². The van der Waals surface area contributed by atoms with E-state index in [1.807, 2.05) is 0 Å². The van der Waals surface area contributed by atoms with Crippen LogP contribution < -0.4 is 5.46 Å². The minimum absolute atomic E-state index is 0.726. The Labute approximate surface area is 92.6 Å². The summed E-state index contributed by atoms with van der Waals surface area (Å²) in [6, 6.07) is 15.1. The van der Waals surface area contributed by atoms with E-state index < -0.39 is 0 Å². The van der Waals surface area contributed by atoms with Gasteiger partial charge in [-0.2, -0.15) is 0 Å². The molecule has 0 nitrogen and oxygen atoms in total. The first-order valence-electron chi connectivity index (χ1n) is 5.58. The van der Waals surface area contributed by atoms with Gasteiger partial charge in [-0.1, -0.05) is 74.0 Å². The Bertz CT molecular complexity index is 441. The summed E-state index contributed by atoms with van der Waals surface area (Å²) in [5.74, 6) is 0.726. The van der Waals surface area contributed by atoms with E-state index >= 15 is 0 Å². The molecule has 0 atom stereocenters. The average molecular weight is 195 g/mol. The van der Waals surface area contributed by atoms with E-state index in [4.69, 9.17) is 0 Å². The lowest BCUT2D eigenvalue weighted by atomic mass is 9.63. The fourth-order valence-electron chi connectivity index (χ4n) is 1.79. The maximum Gasteiger partial charge on any atom is 0.152 e. The van der Waals surface area contributed by atoms with E-state index in [1.54, 1.807) is 0 Å². The largest absolute Gasteiger partial charge is 0.152 e. The van der Waals surface area contributed by atoms with Crippen molar-refractivity contribution in [3.63, 3.8) is 0 Å². The highest BCUT2D eigenvalue weighted by Gasteiger charge is 2.02. The molecule has 0 fully saturated rings. The summed E-state index contributed by atoms with van der Waals surface area (Å²) in [7, 11) is 2.34. The molecule has 0 heterocycles. The quantitative estimate of drug-likeness (QED) is 0.659. The van der Waals surface area contributed by atoms with Gasteiger partial charge in [0, 0.05) is 0 Å². The second kappa shape index (κ2) is 4.52. The molecule has 2 rings (SSSR count). The highest BCUT2D eigenvalue weighted by atomic mass is 14.0. The zero-order chi connectivity index (χ0) is 10.7. The normalized spacial score (nSPS) is 10.9. The molecule has 0 aliphatic rings. The Balaban J connectivity index is 2.34. The molecule has 0 saturated heterocycles. The van der Waals surface area contributed by atoms with Crippen LogP contribution in [0.15, 0.2) is 42.5 Å². The zero-order valence-electron chi connectivity index (χ0n) is 9.40. The summed E-state index contributed by atoms with van der Waals surface area (Å²) in [6.07, 6.45) is 1.15. The molecular formula is C14H16B. The number of rotatable bonds is 3. The molecule has 0 spiro atoms. The highest BCUT2D eigenvalue weighted by Crippen LogP contribution is 2.11. The fourth-order valence-corrected chi connectivity index (χ4v) is 1.79. The molecule has 2 aromatic rings. The smallest absolute Gasteiger partial charge is 0.0801 e. The van der Waals surface area contributed by atoms with Crippen LogP contribution in [-0.2, 0) is 0 Å². The van der Waals surface area contributed by atoms with Gasteiger partial charge in [0.05, 0.1) is 0 Å². The number of hydrogen-bond donors (Lipinski definition) is 0. The Hall–Kier alpha value is -1.24. The third kappa shape index (κ3) is 2.41. The minimum Gasteiger partial charge on any atom is -0.0801 e. The number of fused-ring (bicyclic) bond motifs is 1. The van der Waals surface area contributed by atoms with Crippen LogP contribution in [0, 0.1) is 5.92 Å². The molecular weight excluding hydrogens is 179 g/mol. The van der Waals surface area contributed by atoms with Gasteiger partial charge in [-0.05, 0) is 10.8 Å². The first-order valence-corrected chi connectivity index (χ1v) is 5.58. The van der Waals surface area contributed by atoms with Crippen molar-refractivity contribution >= 4 is 23.5 Å². The highest BCUT2D eigenvalue weighted by molar-refractivity contribution is 6.57. The van der Waals surface area contributed by atoms with Crippen LogP contribution in [0.4, 0.5) is 0 Å². The predicted molar refractivity (Wildman–Crippen MR) is 69.0 cm³/mol. The van der Waals surface area contributed by atoms with Gasteiger partial charge in [-0.15, -0.1) is 0 Å². The van der Waals surface area contributed by atoms with Crippen LogP contribution in [0.5, 0.6) is 0 Å². The Morgan fingerprint density at radius 3 is 2.53 bits per heavy atom. The molecule has 0 aliphatic heterocycles. The van der Waals surface area contributed by atoms with Crippen LogP contribution in [0.25, 0.3) is 10.8 Å². The zero-order valence-corrected chi connectivity index (χ0v) is 9.40. The van der Waals surface area contributed by atoms with Crippen molar-refractivity contribution in [1.29, 1.82) is 0 Å². The van der Waals surface area contributed by atoms with Gasteiger partial charge in [0.2, 0.25) is 0 Å². The molecule has 0 saturated carbocycles. The summed E-state index contributed by atoms with van der Waals surface area (Å²) >= 11 is 0. The SMILES string of the molecule is CC(C)C[B]c1cccc2ccccc12. The molecule has 0 bridgehead atoms. The standard InChI is InChI=1S/C14H16B/c1-11(2)10-15-14-9-5-7-12-6-3-4-8-13(12)14/h3-9,11H,10H2,1-2H3. The van der Waals surface area contributed by atoms with Gasteiger partial charge in [0.15, 0.2) is 7.28 Å². The Morgan fingerprint density at radius 2 is 1.73 bits per heavy atom. The minimum atomic E-state index is 0.726. The van der Waals surface area contributed by atoms with Gasteiger partial charge < -0.3 is 0 Å². The molecule has 0 aliphatic carbocycles. The molecule has 0 unspecified atom stereocenters. The Morgan fingerprint density at radius 1 is 1.00 bits per heavy atom. The summed E-state index contributed by atoms with van der Waals surface area (Å²) in [5.41, 5.74) is 1.36. The molecule has 0 N–H and O–H groups in total. The van der Waals surface area contributed by atoms with E-state index in [2.05, 4.69) is 63.6 Å².